The molecule has 4 heteroatoms. The summed E-state index contributed by atoms with van der Waals surface area (Å²) in [6, 6.07) is 1.99. The molecular weight excluding hydrogens is 152 g/mol. The van der Waals surface area contributed by atoms with Gasteiger partial charge in [-0.05, 0) is 26.3 Å². The van der Waals surface area contributed by atoms with Crippen molar-refractivity contribution in [2.24, 2.45) is 5.73 Å². The van der Waals surface area contributed by atoms with Crippen LogP contribution in [-0.4, -0.2) is 23.3 Å². The maximum atomic E-state index is 5.36. The molecular formula is C8H16N4. The highest BCUT2D eigenvalue weighted by molar-refractivity contribution is 5.34. The van der Waals surface area contributed by atoms with Gasteiger partial charge in [0.2, 0.25) is 0 Å². The molecule has 0 atom stereocenters. The highest BCUT2D eigenvalue weighted by atomic mass is 15.2. The quantitative estimate of drug-likeness (QED) is 0.571. The zero-order valence-corrected chi connectivity index (χ0v) is 7.43. The standard InChI is InChI=1S/C8H16N4/c1-7-6-8(12-11-7)10-5-3-2-4-9/h6H,2-5,9H2,1H3,(H2,10,11,12). The molecule has 4 N–H and O–H groups in total. The lowest BCUT2D eigenvalue weighted by atomic mass is 10.3. The molecule has 0 saturated heterocycles. The SMILES string of the molecule is Cc1cc(NCCCCN)n[nH]1. The average molecular weight is 168 g/mol. The highest BCUT2D eigenvalue weighted by Gasteiger charge is 1.94. The van der Waals surface area contributed by atoms with Crippen LogP contribution in [0, 0.1) is 6.92 Å². The van der Waals surface area contributed by atoms with Crippen LogP contribution < -0.4 is 11.1 Å². The van der Waals surface area contributed by atoms with Crippen molar-refractivity contribution in [2.45, 2.75) is 19.8 Å². The molecule has 4 nitrogen and oxygen atoms in total. The van der Waals surface area contributed by atoms with Crippen molar-refractivity contribution in [1.82, 2.24) is 10.2 Å². The van der Waals surface area contributed by atoms with Crippen molar-refractivity contribution in [1.29, 1.82) is 0 Å². The minimum atomic E-state index is 0.765. The van der Waals surface area contributed by atoms with Gasteiger partial charge in [0, 0.05) is 18.3 Å². The fourth-order valence-electron chi connectivity index (χ4n) is 0.994. The van der Waals surface area contributed by atoms with Gasteiger partial charge in [0.15, 0.2) is 0 Å². The summed E-state index contributed by atoms with van der Waals surface area (Å²) >= 11 is 0. The summed E-state index contributed by atoms with van der Waals surface area (Å²) in [6.07, 6.45) is 2.17. The van der Waals surface area contributed by atoms with Crippen molar-refractivity contribution in [3.8, 4) is 0 Å². The predicted molar refractivity (Wildman–Crippen MR) is 50.1 cm³/mol. The number of aromatic nitrogens is 2. The zero-order valence-electron chi connectivity index (χ0n) is 7.43. The summed E-state index contributed by atoms with van der Waals surface area (Å²) in [5.41, 5.74) is 6.44. The van der Waals surface area contributed by atoms with Crippen molar-refractivity contribution < 1.29 is 0 Å². The summed E-state index contributed by atoms with van der Waals surface area (Å²) in [6.45, 7) is 3.70. The summed E-state index contributed by atoms with van der Waals surface area (Å²) in [5.74, 6) is 0.921. The van der Waals surface area contributed by atoms with Crippen molar-refractivity contribution in [2.75, 3.05) is 18.4 Å². The van der Waals surface area contributed by atoms with E-state index in [4.69, 9.17) is 5.73 Å². The maximum absolute atomic E-state index is 5.36. The van der Waals surface area contributed by atoms with E-state index in [1.165, 1.54) is 0 Å². The van der Waals surface area contributed by atoms with Gasteiger partial charge in [0.25, 0.3) is 0 Å². The molecule has 1 aromatic heterocycles. The molecule has 0 aliphatic heterocycles. The van der Waals surface area contributed by atoms with Crippen LogP contribution in [0.2, 0.25) is 0 Å². The molecule has 0 saturated carbocycles. The van der Waals surface area contributed by atoms with Gasteiger partial charge in [-0.1, -0.05) is 0 Å². The van der Waals surface area contributed by atoms with Crippen LogP contribution in [0.15, 0.2) is 6.07 Å². The fraction of sp³-hybridized carbons (Fsp3) is 0.625. The summed E-state index contributed by atoms with van der Waals surface area (Å²) in [4.78, 5) is 0. The largest absolute Gasteiger partial charge is 0.369 e. The van der Waals surface area contributed by atoms with Crippen LogP contribution in [0.3, 0.4) is 0 Å². The van der Waals surface area contributed by atoms with Crippen LogP contribution in [0.25, 0.3) is 0 Å². The lowest BCUT2D eigenvalue weighted by molar-refractivity contribution is 0.772. The van der Waals surface area contributed by atoms with Gasteiger partial charge < -0.3 is 11.1 Å². The third kappa shape index (κ3) is 2.92. The number of nitrogens with two attached hydrogens (primary N) is 1. The molecule has 0 fully saturated rings. The first kappa shape index (κ1) is 9.06. The van der Waals surface area contributed by atoms with Crippen molar-refractivity contribution in [3.05, 3.63) is 11.8 Å². The molecule has 0 aromatic carbocycles. The monoisotopic (exact) mass is 168 g/mol. The number of anilines is 1. The maximum Gasteiger partial charge on any atom is 0.148 e. The van der Waals surface area contributed by atoms with Gasteiger partial charge in [-0.3, -0.25) is 5.10 Å². The number of hydrogen-bond donors (Lipinski definition) is 3. The summed E-state index contributed by atoms with van der Waals surface area (Å²) in [7, 11) is 0. The van der Waals surface area contributed by atoms with Crippen LogP contribution in [0.4, 0.5) is 5.82 Å². The van der Waals surface area contributed by atoms with Gasteiger partial charge in [0.05, 0.1) is 0 Å². The number of H-pyrrole nitrogens is 1. The second kappa shape index (κ2) is 4.77. The Morgan fingerprint density at radius 1 is 1.58 bits per heavy atom. The minimum absolute atomic E-state index is 0.765. The van der Waals surface area contributed by atoms with Crippen LogP contribution in [0.1, 0.15) is 18.5 Å². The van der Waals surface area contributed by atoms with Gasteiger partial charge in [0.1, 0.15) is 5.82 Å². The number of nitrogens with zero attached hydrogens (tertiary/aromatic N) is 1. The Morgan fingerprint density at radius 2 is 2.42 bits per heavy atom. The Labute approximate surface area is 72.5 Å². The number of nitrogens with one attached hydrogen (secondary N) is 2. The molecule has 68 valence electrons. The molecule has 0 aliphatic carbocycles. The van der Waals surface area contributed by atoms with Crippen LogP contribution in [-0.2, 0) is 0 Å². The number of unbranched alkanes of at least 4 members (excludes halogenated alkanes) is 1. The summed E-state index contributed by atoms with van der Waals surface area (Å²) in [5, 5.41) is 10.1. The minimum Gasteiger partial charge on any atom is -0.369 e. The lowest BCUT2D eigenvalue weighted by Gasteiger charge is -1.99. The van der Waals surface area contributed by atoms with Crippen molar-refractivity contribution >= 4 is 5.82 Å². The van der Waals surface area contributed by atoms with E-state index in [0.717, 1.165) is 37.4 Å². The lowest BCUT2D eigenvalue weighted by Crippen LogP contribution is -2.05. The van der Waals surface area contributed by atoms with E-state index in [2.05, 4.69) is 15.5 Å². The van der Waals surface area contributed by atoms with Gasteiger partial charge in [-0.2, -0.15) is 5.10 Å². The zero-order chi connectivity index (χ0) is 8.81. The topological polar surface area (TPSA) is 66.7 Å². The first-order valence-corrected chi connectivity index (χ1v) is 4.29. The molecule has 1 heterocycles. The molecule has 0 unspecified atom stereocenters. The smallest absolute Gasteiger partial charge is 0.148 e. The molecule has 0 amide bonds. The van der Waals surface area contributed by atoms with Crippen molar-refractivity contribution in [3.63, 3.8) is 0 Å². The predicted octanol–water partition coefficient (Wildman–Crippen LogP) is 0.869. The van der Waals surface area contributed by atoms with E-state index < -0.39 is 0 Å². The Morgan fingerprint density at radius 3 is 3.00 bits per heavy atom. The second-order valence-corrected chi connectivity index (χ2v) is 2.86. The molecule has 0 bridgehead atoms. The van der Waals surface area contributed by atoms with E-state index in [0.29, 0.717) is 0 Å². The molecule has 1 rings (SSSR count). The highest BCUT2D eigenvalue weighted by Crippen LogP contribution is 2.03. The number of rotatable bonds is 5. The van der Waals surface area contributed by atoms with E-state index in [9.17, 15) is 0 Å². The third-order valence-corrected chi connectivity index (χ3v) is 1.64. The molecule has 0 spiro atoms. The fourth-order valence-corrected chi connectivity index (χ4v) is 0.994. The van der Waals surface area contributed by atoms with E-state index in [-0.39, 0.29) is 0 Å². The second-order valence-electron chi connectivity index (χ2n) is 2.86. The van der Waals surface area contributed by atoms with Crippen LogP contribution >= 0.6 is 0 Å². The molecule has 12 heavy (non-hydrogen) atoms. The van der Waals surface area contributed by atoms with E-state index >= 15 is 0 Å². The summed E-state index contributed by atoms with van der Waals surface area (Å²) < 4.78 is 0. The van der Waals surface area contributed by atoms with Gasteiger partial charge in [-0.25, -0.2) is 0 Å². The molecule has 0 aliphatic rings. The normalized spacial score (nSPS) is 10.2. The van der Waals surface area contributed by atoms with E-state index in [1.54, 1.807) is 0 Å². The van der Waals surface area contributed by atoms with E-state index in [1.807, 2.05) is 13.0 Å². The third-order valence-electron chi connectivity index (χ3n) is 1.64. The molecule has 1 aromatic rings. The number of aromatic amines is 1. The Bertz CT molecular complexity index is 219. The van der Waals surface area contributed by atoms with Gasteiger partial charge >= 0.3 is 0 Å². The number of aryl methyl sites for hydroxylation is 1. The Hall–Kier alpha value is -1.03. The molecule has 0 radical (unpaired) electrons. The average Bonchev–Trinajstić information content (AvgIpc) is 2.45. The number of hydrogen-bond acceptors (Lipinski definition) is 3. The van der Waals surface area contributed by atoms with Crippen LogP contribution in [0.5, 0.6) is 0 Å². The first-order chi connectivity index (χ1) is 5.83. The van der Waals surface area contributed by atoms with Gasteiger partial charge in [-0.15, -0.1) is 0 Å². The first-order valence-electron chi connectivity index (χ1n) is 4.29. The Kier molecular flexibility index (Phi) is 3.60. The Balaban J connectivity index is 2.15.